The standard InChI is InChI=1S/C24H24F3NO/c25-24(26,27)21(29)28-20-8-6-19(7-9-20)23-13-16-10-17(14-23)12-22(11-16,15-23)18-4-2-1-3-5-18/h1-9,16-17H,10-15H2,(H,28,29)/t16-,17+,22?,23?. The van der Waals surface area contributed by atoms with Crippen molar-refractivity contribution >= 4 is 11.6 Å². The number of anilines is 1. The van der Waals surface area contributed by atoms with E-state index >= 15 is 0 Å². The van der Waals surface area contributed by atoms with Gasteiger partial charge in [0.15, 0.2) is 0 Å². The molecule has 0 radical (unpaired) electrons. The van der Waals surface area contributed by atoms with Crippen molar-refractivity contribution in [3.05, 3.63) is 65.7 Å². The Morgan fingerprint density at radius 3 is 1.86 bits per heavy atom. The van der Waals surface area contributed by atoms with Crippen molar-refractivity contribution in [2.24, 2.45) is 11.8 Å². The molecular weight excluding hydrogens is 375 g/mol. The van der Waals surface area contributed by atoms with Gasteiger partial charge in [-0.3, -0.25) is 4.79 Å². The molecule has 0 aliphatic heterocycles. The summed E-state index contributed by atoms with van der Waals surface area (Å²) in [5, 5.41) is 1.95. The zero-order valence-corrected chi connectivity index (χ0v) is 16.1. The summed E-state index contributed by atoms with van der Waals surface area (Å²) in [6.45, 7) is 0. The van der Waals surface area contributed by atoms with Gasteiger partial charge in [-0.1, -0.05) is 42.5 Å². The molecular formula is C24H24F3NO. The number of rotatable bonds is 3. The Hall–Kier alpha value is -2.30. The van der Waals surface area contributed by atoms with Crippen molar-refractivity contribution in [1.29, 1.82) is 0 Å². The fourth-order valence-electron chi connectivity index (χ4n) is 6.84. The van der Waals surface area contributed by atoms with Crippen molar-refractivity contribution in [2.75, 3.05) is 5.32 Å². The highest BCUT2D eigenvalue weighted by atomic mass is 19.4. The molecule has 2 aromatic rings. The number of hydrogen-bond donors (Lipinski definition) is 1. The van der Waals surface area contributed by atoms with Gasteiger partial charge < -0.3 is 5.32 Å². The molecule has 4 saturated carbocycles. The van der Waals surface area contributed by atoms with Crippen LogP contribution in [0, 0.1) is 11.8 Å². The van der Waals surface area contributed by atoms with E-state index in [1.807, 2.05) is 17.4 Å². The lowest BCUT2D eigenvalue weighted by Gasteiger charge is -2.62. The first-order chi connectivity index (χ1) is 13.8. The van der Waals surface area contributed by atoms with Crippen LogP contribution in [-0.4, -0.2) is 12.1 Å². The predicted octanol–water partition coefficient (Wildman–Crippen LogP) is 5.98. The van der Waals surface area contributed by atoms with Gasteiger partial charge in [0, 0.05) is 5.69 Å². The molecule has 152 valence electrons. The van der Waals surface area contributed by atoms with Crippen LogP contribution in [0.5, 0.6) is 0 Å². The second kappa shape index (κ2) is 6.35. The maximum absolute atomic E-state index is 12.5. The van der Waals surface area contributed by atoms with Gasteiger partial charge in [0.2, 0.25) is 0 Å². The minimum atomic E-state index is -4.87. The highest BCUT2D eigenvalue weighted by Crippen LogP contribution is 2.66. The van der Waals surface area contributed by atoms with Gasteiger partial charge in [0.05, 0.1) is 0 Å². The smallest absolute Gasteiger partial charge is 0.318 e. The SMILES string of the molecule is O=C(Nc1ccc(C23C[C@@H]4C[C@@H](CC(c5ccccc5)(C4)C2)C3)cc1)C(F)(F)F. The Kier molecular flexibility index (Phi) is 4.10. The molecule has 2 unspecified atom stereocenters. The highest BCUT2D eigenvalue weighted by Gasteiger charge is 2.58. The van der Waals surface area contributed by atoms with E-state index in [4.69, 9.17) is 0 Å². The second-order valence-corrected chi connectivity index (χ2v) is 9.42. The highest BCUT2D eigenvalue weighted by molar-refractivity contribution is 5.94. The second-order valence-electron chi connectivity index (χ2n) is 9.42. The minimum Gasteiger partial charge on any atom is -0.318 e. The lowest BCUT2D eigenvalue weighted by atomic mass is 9.42. The molecule has 4 atom stereocenters. The molecule has 0 aromatic heterocycles. The van der Waals surface area contributed by atoms with Gasteiger partial charge in [0.1, 0.15) is 0 Å². The zero-order chi connectivity index (χ0) is 20.3. The van der Waals surface area contributed by atoms with Crippen LogP contribution >= 0.6 is 0 Å². The van der Waals surface area contributed by atoms with E-state index in [2.05, 4.69) is 30.3 Å². The quantitative estimate of drug-likeness (QED) is 0.676. The average Bonchev–Trinajstić information content (AvgIpc) is 2.67. The van der Waals surface area contributed by atoms with Gasteiger partial charge in [-0.05, 0) is 84.5 Å². The summed E-state index contributed by atoms with van der Waals surface area (Å²) in [6, 6.07) is 17.9. The van der Waals surface area contributed by atoms with Crippen molar-refractivity contribution in [2.45, 2.75) is 55.5 Å². The molecule has 0 saturated heterocycles. The fraction of sp³-hybridized carbons (Fsp3) is 0.458. The van der Waals surface area contributed by atoms with Crippen LogP contribution in [0.1, 0.15) is 49.7 Å². The van der Waals surface area contributed by atoms with Crippen molar-refractivity contribution in [3.63, 3.8) is 0 Å². The summed E-state index contributed by atoms with van der Waals surface area (Å²) >= 11 is 0. The number of alkyl halides is 3. The summed E-state index contributed by atoms with van der Waals surface area (Å²) < 4.78 is 37.5. The van der Waals surface area contributed by atoms with Crippen molar-refractivity contribution in [1.82, 2.24) is 0 Å². The molecule has 4 bridgehead atoms. The van der Waals surface area contributed by atoms with Crippen LogP contribution in [0.2, 0.25) is 0 Å². The maximum Gasteiger partial charge on any atom is 0.471 e. The van der Waals surface area contributed by atoms with Crippen LogP contribution in [0.15, 0.2) is 54.6 Å². The van der Waals surface area contributed by atoms with Gasteiger partial charge >= 0.3 is 12.1 Å². The lowest BCUT2D eigenvalue weighted by Crippen LogP contribution is -2.55. The van der Waals surface area contributed by atoms with Crippen molar-refractivity contribution < 1.29 is 18.0 Å². The third-order valence-corrected chi connectivity index (χ3v) is 7.46. The summed E-state index contributed by atoms with van der Waals surface area (Å²) in [7, 11) is 0. The number of nitrogens with one attached hydrogen (secondary N) is 1. The molecule has 2 nitrogen and oxygen atoms in total. The van der Waals surface area contributed by atoms with Gasteiger partial charge in [-0.15, -0.1) is 0 Å². The molecule has 1 N–H and O–H groups in total. The number of benzene rings is 2. The molecule has 29 heavy (non-hydrogen) atoms. The predicted molar refractivity (Wildman–Crippen MR) is 106 cm³/mol. The molecule has 6 rings (SSSR count). The number of amides is 1. The van der Waals surface area contributed by atoms with Crippen LogP contribution in [-0.2, 0) is 15.6 Å². The number of halogens is 3. The largest absolute Gasteiger partial charge is 0.471 e. The van der Waals surface area contributed by atoms with E-state index in [9.17, 15) is 18.0 Å². The first-order valence-electron chi connectivity index (χ1n) is 10.3. The van der Waals surface area contributed by atoms with Gasteiger partial charge in [-0.2, -0.15) is 13.2 Å². The molecule has 4 aliphatic rings. The average molecular weight is 399 g/mol. The fourth-order valence-corrected chi connectivity index (χ4v) is 6.84. The molecule has 2 aromatic carbocycles. The Morgan fingerprint density at radius 1 is 0.828 bits per heavy atom. The number of carbonyl (C=O) groups is 1. The third-order valence-electron chi connectivity index (χ3n) is 7.46. The van der Waals surface area contributed by atoms with Crippen LogP contribution in [0.4, 0.5) is 18.9 Å². The van der Waals surface area contributed by atoms with Crippen LogP contribution in [0.3, 0.4) is 0 Å². The Labute approximate surface area is 168 Å². The van der Waals surface area contributed by atoms with E-state index in [0.29, 0.717) is 11.8 Å². The lowest BCUT2D eigenvalue weighted by molar-refractivity contribution is -0.167. The van der Waals surface area contributed by atoms with E-state index in [1.54, 1.807) is 12.1 Å². The van der Waals surface area contributed by atoms with Crippen LogP contribution in [0.25, 0.3) is 0 Å². The third kappa shape index (κ3) is 3.15. The van der Waals surface area contributed by atoms with Crippen LogP contribution < -0.4 is 5.32 Å². The monoisotopic (exact) mass is 399 g/mol. The maximum atomic E-state index is 12.5. The summed E-state index contributed by atoms with van der Waals surface area (Å²) in [6.07, 6.45) is 2.34. The van der Waals surface area contributed by atoms with E-state index in [1.165, 1.54) is 30.4 Å². The molecule has 0 spiro atoms. The zero-order valence-electron chi connectivity index (χ0n) is 16.1. The number of hydrogen-bond acceptors (Lipinski definition) is 1. The minimum absolute atomic E-state index is 0.0898. The topological polar surface area (TPSA) is 29.1 Å². The number of carbonyl (C=O) groups excluding carboxylic acids is 1. The summed E-state index contributed by atoms with van der Waals surface area (Å²) in [5.41, 5.74) is 3.14. The Bertz CT molecular complexity index is 905. The first kappa shape index (κ1) is 18.7. The normalized spacial score (nSPS) is 32.9. The van der Waals surface area contributed by atoms with E-state index in [0.717, 1.165) is 19.3 Å². The van der Waals surface area contributed by atoms with Crippen molar-refractivity contribution in [3.8, 4) is 0 Å². The van der Waals surface area contributed by atoms with Gasteiger partial charge in [-0.25, -0.2) is 0 Å². The summed E-state index contributed by atoms with van der Waals surface area (Å²) in [4.78, 5) is 11.2. The molecule has 1 amide bonds. The van der Waals surface area contributed by atoms with E-state index in [-0.39, 0.29) is 16.5 Å². The first-order valence-corrected chi connectivity index (χ1v) is 10.3. The van der Waals surface area contributed by atoms with Gasteiger partial charge in [0.25, 0.3) is 0 Å². The van der Waals surface area contributed by atoms with E-state index < -0.39 is 12.1 Å². The molecule has 4 aliphatic carbocycles. The molecule has 0 heterocycles. The summed E-state index contributed by atoms with van der Waals surface area (Å²) in [5.74, 6) is -0.509. The molecule has 5 heteroatoms. The molecule has 4 fully saturated rings. The Balaban J connectivity index is 1.44. The Morgan fingerprint density at radius 2 is 1.34 bits per heavy atom.